The predicted molar refractivity (Wildman–Crippen MR) is 68.5 cm³/mol. The van der Waals surface area contributed by atoms with Gasteiger partial charge < -0.3 is 26.0 Å². The Morgan fingerprint density at radius 3 is 2.79 bits per heavy atom. The molecule has 106 valence electrons. The number of hydrogen-bond acceptors (Lipinski definition) is 7. The molecule has 0 saturated heterocycles. The average molecular weight is 289 g/mol. The molecule has 19 heavy (non-hydrogen) atoms. The second-order valence-corrected chi connectivity index (χ2v) is 5.42. The SMILES string of the molecule is C[C@@H](CC(=CN)c1ncnc(N)n1)OCP(=O)(O)O. The third kappa shape index (κ3) is 5.75. The molecule has 1 heterocycles. The maximum atomic E-state index is 10.7. The topological polar surface area (TPSA) is 157 Å². The lowest BCUT2D eigenvalue weighted by Crippen LogP contribution is -2.12. The standard InChI is InChI=1S/C9H16N5O4P/c1-6(18-5-19(15,16)17)2-7(3-10)8-12-4-13-9(11)14-8/h3-4,6H,2,5,10H2,1H3,(H2,15,16,17)(H2,11,12,13,14)/t6-/m0/s1. The van der Waals surface area contributed by atoms with E-state index in [1.54, 1.807) is 6.92 Å². The molecule has 0 unspecified atom stereocenters. The van der Waals surface area contributed by atoms with Crippen LogP contribution in [0, 0.1) is 0 Å². The molecule has 0 aromatic carbocycles. The molecule has 0 saturated carbocycles. The Morgan fingerprint density at radius 1 is 1.58 bits per heavy atom. The van der Waals surface area contributed by atoms with E-state index in [0.717, 1.165) is 0 Å². The zero-order valence-corrected chi connectivity index (χ0v) is 11.2. The van der Waals surface area contributed by atoms with E-state index >= 15 is 0 Å². The van der Waals surface area contributed by atoms with Crippen LogP contribution in [0.4, 0.5) is 5.95 Å². The zero-order chi connectivity index (χ0) is 14.5. The van der Waals surface area contributed by atoms with Crippen molar-refractivity contribution in [2.45, 2.75) is 19.4 Å². The van der Waals surface area contributed by atoms with Gasteiger partial charge in [0.2, 0.25) is 5.95 Å². The Bertz CT molecular complexity index is 503. The van der Waals surface area contributed by atoms with Crippen LogP contribution in [-0.2, 0) is 9.30 Å². The number of nitrogen functional groups attached to an aromatic ring is 1. The number of hydrogen-bond donors (Lipinski definition) is 4. The molecule has 0 radical (unpaired) electrons. The van der Waals surface area contributed by atoms with Gasteiger partial charge in [0.15, 0.2) is 5.82 Å². The molecule has 1 aromatic heterocycles. The second kappa shape index (κ2) is 6.58. The summed E-state index contributed by atoms with van der Waals surface area (Å²) in [6.07, 6.45) is 1.74. The van der Waals surface area contributed by atoms with Gasteiger partial charge in [-0.2, -0.15) is 4.98 Å². The number of nitrogens with two attached hydrogens (primary N) is 2. The van der Waals surface area contributed by atoms with Crippen molar-refractivity contribution in [3.05, 3.63) is 18.4 Å². The third-order valence-corrected chi connectivity index (χ3v) is 2.60. The molecule has 9 nitrogen and oxygen atoms in total. The van der Waals surface area contributed by atoms with E-state index in [1.807, 2.05) is 0 Å². The van der Waals surface area contributed by atoms with Gasteiger partial charge in [-0.15, -0.1) is 0 Å². The lowest BCUT2D eigenvalue weighted by Gasteiger charge is -2.14. The smallest absolute Gasteiger partial charge is 0.350 e. The molecular weight excluding hydrogens is 273 g/mol. The zero-order valence-electron chi connectivity index (χ0n) is 10.3. The van der Waals surface area contributed by atoms with Gasteiger partial charge in [0.25, 0.3) is 0 Å². The van der Waals surface area contributed by atoms with Crippen LogP contribution in [0.5, 0.6) is 0 Å². The first-order valence-corrected chi connectivity index (χ1v) is 7.13. The summed E-state index contributed by atoms with van der Waals surface area (Å²) in [6.45, 7) is 1.66. The monoisotopic (exact) mass is 289 g/mol. The summed E-state index contributed by atoms with van der Waals surface area (Å²) >= 11 is 0. The maximum absolute atomic E-state index is 10.7. The van der Waals surface area contributed by atoms with Crippen LogP contribution in [0.1, 0.15) is 19.2 Å². The normalized spacial score (nSPS) is 14.4. The van der Waals surface area contributed by atoms with Gasteiger partial charge in [-0.25, -0.2) is 9.97 Å². The van der Waals surface area contributed by atoms with E-state index < -0.39 is 20.0 Å². The average Bonchev–Trinajstić information content (AvgIpc) is 2.32. The van der Waals surface area contributed by atoms with Gasteiger partial charge in [-0.3, -0.25) is 4.57 Å². The number of anilines is 1. The molecule has 0 aliphatic heterocycles. The van der Waals surface area contributed by atoms with Gasteiger partial charge in [0.05, 0.1) is 6.10 Å². The fourth-order valence-corrected chi connectivity index (χ4v) is 1.74. The molecule has 0 spiro atoms. The van der Waals surface area contributed by atoms with Gasteiger partial charge in [0, 0.05) is 18.2 Å². The largest absolute Gasteiger partial charge is 0.404 e. The van der Waals surface area contributed by atoms with Crippen molar-refractivity contribution in [2.75, 3.05) is 12.1 Å². The first kappa shape index (κ1) is 15.5. The minimum atomic E-state index is -4.19. The highest BCUT2D eigenvalue weighted by Crippen LogP contribution is 2.34. The molecule has 1 aromatic rings. The Balaban J connectivity index is 2.66. The quantitative estimate of drug-likeness (QED) is 0.515. The van der Waals surface area contributed by atoms with E-state index in [2.05, 4.69) is 15.0 Å². The van der Waals surface area contributed by atoms with E-state index in [4.69, 9.17) is 26.0 Å². The lowest BCUT2D eigenvalue weighted by molar-refractivity contribution is 0.0920. The molecule has 0 bridgehead atoms. The van der Waals surface area contributed by atoms with Gasteiger partial charge in [-0.05, 0) is 6.92 Å². The Labute approximate surface area is 109 Å². The molecule has 10 heteroatoms. The summed E-state index contributed by atoms with van der Waals surface area (Å²) in [6, 6.07) is 0. The van der Waals surface area contributed by atoms with Gasteiger partial charge >= 0.3 is 7.60 Å². The van der Waals surface area contributed by atoms with Gasteiger partial charge in [-0.1, -0.05) is 0 Å². The fraction of sp³-hybridized carbons (Fsp3) is 0.444. The summed E-state index contributed by atoms with van der Waals surface area (Å²) in [5.74, 6) is 0.370. The van der Waals surface area contributed by atoms with E-state index in [1.165, 1.54) is 12.5 Å². The molecular formula is C9H16N5O4P. The van der Waals surface area contributed by atoms with Crippen LogP contribution in [-0.4, -0.2) is 37.2 Å². The van der Waals surface area contributed by atoms with Gasteiger partial charge in [0.1, 0.15) is 12.7 Å². The van der Waals surface area contributed by atoms with Crippen molar-refractivity contribution in [1.82, 2.24) is 15.0 Å². The summed E-state index contributed by atoms with van der Waals surface area (Å²) in [7, 11) is -4.19. The Kier molecular flexibility index (Phi) is 5.37. The highest BCUT2D eigenvalue weighted by Gasteiger charge is 2.17. The van der Waals surface area contributed by atoms with Crippen molar-refractivity contribution in [2.24, 2.45) is 5.73 Å². The van der Waals surface area contributed by atoms with Crippen LogP contribution < -0.4 is 11.5 Å². The molecule has 1 rings (SSSR count). The third-order valence-electron chi connectivity index (χ3n) is 2.11. The number of ether oxygens (including phenoxy) is 1. The maximum Gasteiger partial charge on any atom is 0.350 e. The highest BCUT2D eigenvalue weighted by molar-refractivity contribution is 7.51. The second-order valence-electron chi connectivity index (χ2n) is 3.83. The molecule has 0 aliphatic carbocycles. The van der Waals surface area contributed by atoms with Crippen molar-refractivity contribution in [1.29, 1.82) is 0 Å². The first-order chi connectivity index (χ1) is 8.81. The van der Waals surface area contributed by atoms with Crippen molar-refractivity contribution in [3.63, 3.8) is 0 Å². The van der Waals surface area contributed by atoms with Crippen LogP contribution in [0.15, 0.2) is 12.5 Å². The molecule has 0 aliphatic rings. The minimum Gasteiger partial charge on any atom is -0.404 e. The number of rotatable bonds is 6. The first-order valence-electron chi connectivity index (χ1n) is 5.33. The Morgan fingerprint density at radius 2 is 2.26 bits per heavy atom. The fourth-order valence-electron chi connectivity index (χ4n) is 1.29. The van der Waals surface area contributed by atoms with Crippen LogP contribution in [0.3, 0.4) is 0 Å². The van der Waals surface area contributed by atoms with Crippen LogP contribution in [0.25, 0.3) is 5.57 Å². The van der Waals surface area contributed by atoms with E-state index in [9.17, 15) is 4.57 Å². The van der Waals surface area contributed by atoms with Crippen molar-refractivity contribution < 1.29 is 19.1 Å². The van der Waals surface area contributed by atoms with Crippen molar-refractivity contribution in [3.8, 4) is 0 Å². The molecule has 0 fully saturated rings. The summed E-state index contributed by atoms with van der Waals surface area (Å²) in [5.41, 5.74) is 11.5. The molecule has 0 amide bonds. The molecule has 6 N–H and O–H groups in total. The summed E-state index contributed by atoms with van der Waals surface area (Å²) in [5, 5.41) is 0. The number of nitrogens with zero attached hydrogens (tertiary/aromatic N) is 3. The molecule has 1 atom stereocenters. The Hall–Kier alpha value is -1.54. The lowest BCUT2D eigenvalue weighted by atomic mass is 10.1. The highest BCUT2D eigenvalue weighted by atomic mass is 31.2. The van der Waals surface area contributed by atoms with E-state index in [0.29, 0.717) is 17.8 Å². The minimum absolute atomic E-state index is 0.0631. The summed E-state index contributed by atoms with van der Waals surface area (Å²) in [4.78, 5) is 28.9. The predicted octanol–water partition coefficient (Wildman–Crippen LogP) is -0.316. The van der Waals surface area contributed by atoms with Crippen LogP contribution >= 0.6 is 7.60 Å². The summed E-state index contributed by atoms with van der Waals surface area (Å²) < 4.78 is 15.7. The van der Waals surface area contributed by atoms with Crippen LogP contribution in [0.2, 0.25) is 0 Å². The van der Waals surface area contributed by atoms with E-state index in [-0.39, 0.29) is 5.95 Å². The number of aromatic nitrogens is 3. The van der Waals surface area contributed by atoms with Crippen molar-refractivity contribution >= 4 is 19.1 Å².